The Hall–Kier alpha value is -2.37. The van der Waals surface area contributed by atoms with Gasteiger partial charge in [-0.25, -0.2) is 0 Å². The highest BCUT2D eigenvalue weighted by Crippen LogP contribution is 2.16. The summed E-state index contributed by atoms with van der Waals surface area (Å²) in [5, 5.41) is 15.7. The number of methoxy groups -OCH3 is 1. The van der Waals surface area contributed by atoms with E-state index in [1.165, 1.54) is 0 Å². The lowest BCUT2D eigenvalue weighted by Crippen LogP contribution is -2.44. The van der Waals surface area contributed by atoms with E-state index in [2.05, 4.69) is 10.6 Å². The van der Waals surface area contributed by atoms with Crippen molar-refractivity contribution >= 4 is 11.6 Å². The van der Waals surface area contributed by atoms with Crippen molar-refractivity contribution in [2.75, 3.05) is 19.0 Å². The number of ether oxygens (including phenoxy) is 1. The zero-order chi connectivity index (χ0) is 18.3. The lowest BCUT2D eigenvalue weighted by molar-refractivity contribution is 0.102. The van der Waals surface area contributed by atoms with Crippen LogP contribution in [0.25, 0.3) is 0 Å². The third-order valence-electron chi connectivity index (χ3n) is 4.39. The zero-order valence-corrected chi connectivity index (χ0v) is 15.0. The van der Waals surface area contributed by atoms with Gasteiger partial charge in [0.05, 0.1) is 13.7 Å². The van der Waals surface area contributed by atoms with Gasteiger partial charge in [0.15, 0.2) is 0 Å². The smallest absolute Gasteiger partial charge is 0.255 e. The van der Waals surface area contributed by atoms with Crippen LogP contribution < -0.4 is 15.4 Å². The fraction of sp³-hybridized carbons (Fsp3) is 0.350. The van der Waals surface area contributed by atoms with Gasteiger partial charge in [0.2, 0.25) is 0 Å². The molecule has 5 heteroatoms. The van der Waals surface area contributed by atoms with E-state index in [1.807, 2.05) is 38.1 Å². The highest BCUT2D eigenvalue weighted by molar-refractivity contribution is 6.04. The lowest BCUT2D eigenvalue weighted by Gasteiger charge is -2.27. The largest absolute Gasteiger partial charge is 0.497 e. The van der Waals surface area contributed by atoms with Crippen LogP contribution in [0.1, 0.15) is 36.2 Å². The summed E-state index contributed by atoms with van der Waals surface area (Å²) in [4.78, 5) is 12.3. The van der Waals surface area contributed by atoms with Crippen LogP contribution in [0.15, 0.2) is 48.5 Å². The van der Waals surface area contributed by atoms with E-state index < -0.39 is 0 Å². The van der Waals surface area contributed by atoms with E-state index in [4.69, 9.17) is 4.74 Å². The SMILES string of the molecule is CCC(C)(CO)NCc1cccc(NC(=O)c2ccc(OC)cc2)c1. The number of hydrogen-bond acceptors (Lipinski definition) is 4. The molecular weight excluding hydrogens is 316 g/mol. The summed E-state index contributed by atoms with van der Waals surface area (Å²) in [7, 11) is 1.59. The zero-order valence-electron chi connectivity index (χ0n) is 15.0. The van der Waals surface area contributed by atoms with E-state index >= 15 is 0 Å². The van der Waals surface area contributed by atoms with E-state index in [0.717, 1.165) is 17.7 Å². The van der Waals surface area contributed by atoms with Gasteiger partial charge in [-0.15, -0.1) is 0 Å². The number of benzene rings is 2. The van der Waals surface area contributed by atoms with Crippen molar-refractivity contribution in [2.24, 2.45) is 0 Å². The minimum absolute atomic E-state index is 0.0808. The molecule has 1 atom stereocenters. The van der Waals surface area contributed by atoms with E-state index in [0.29, 0.717) is 17.9 Å². The predicted octanol–water partition coefficient (Wildman–Crippen LogP) is 3.20. The standard InChI is InChI=1S/C20H26N2O3/c1-4-20(2,14-23)21-13-15-6-5-7-17(12-15)22-19(24)16-8-10-18(25-3)11-9-16/h5-12,21,23H,4,13-14H2,1-3H3,(H,22,24). The molecule has 2 rings (SSSR count). The average Bonchev–Trinajstić information content (AvgIpc) is 2.66. The van der Waals surface area contributed by atoms with Gasteiger partial charge in [-0.2, -0.15) is 0 Å². The Balaban J connectivity index is 2.01. The number of aliphatic hydroxyl groups is 1. The molecule has 0 radical (unpaired) electrons. The fourth-order valence-corrected chi connectivity index (χ4v) is 2.31. The molecule has 5 nitrogen and oxygen atoms in total. The first kappa shape index (κ1) is 19.0. The van der Waals surface area contributed by atoms with Gasteiger partial charge in [-0.3, -0.25) is 4.79 Å². The molecule has 1 unspecified atom stereocenters. The number of hydrogen-bond donors (Lipinski definition) is 3. The van der Waals surface area contributed by atoms with Gasteiger partial charge >= 0.3 is 0 Å². The summed E-state index contributed by atoms with van der Waals surface area (Å²) in [6.45, 7) is 4.73. The molecule has 0 bridgehead atoms. The lowest BCUT2D eigenvalue weighted by atomic mass is 10.00. The van der Waals surface area contributed by atoms with E-state index in [1.54, 1.807) is 31.4 Å². The molecular formula is C20H26N2O3. The number of anilines is 1. The highest BCUT2D eigenvalue weighted by atomic mass is 16.5. The van der Waals surface area contributed by atoms with Crippen molar-refractivity contribution in [2.45, 2.75) is 32.4 Å². The van der Waals surface area contributed by atoms with Gasteiger partial charge in [-0.05, 0) is 55.3 Å². The molecule has 0 aliphatic rings. The number of rotatable bonds is 8. The summed E-state index contributed by atoms with van der Waals surface area (Å²) in [6.07, 6.45) is 0.831. The number of nitrogens with one attached hydrogen (secondary N) is 2. The molecule has 0 heterocycles. The Labute approximate surface area is 149 Å². The maximum atomic E-state index is 12.3. The molecule has 2 aromatic carbocycles. The number of aliphatic hydroxyl groups excluding tert-OH is 1. The second-order valence-electron chi connectivity index (χ2n) is 6.31. The van der Waals surface area contributed by atoms with Gasteiger partial charge in [0.25, 0.3) is 5.91 Å². The topological polar surface area (TPSA) is 70.6 Å². The van der Waals surface area contributed by atoms with Crippen LogP contribution in [0.3, 0.4) is 0 Å². The first-order valence-electron chi connectivity index (χ1n) is 8.40. The van der Waals surface area contributed by atoms with Crippen molar-refractivity contribution in [3.05, 3.63) is 59.7 Å². The third kappa shape index (κ3) is 5.31. The molecule has 0 aromatic heterocycles. The molecule has 3 N–H and O–H groups in total. The van der Waals surface area contributed by atoms with Crippen molar-refractivity contribution in [3.63, 3.8) is 0 Å². The quantitative estimate of drug-likeness (QED) is 0.689. The van der Waals surface area contributed by atoms with Crippen LogP contribution in [-0.2, 0) is 6.54 Å². The first-order chi connectivity index (χ1) is 12.0. The molecule has 0 aliphatic heterocycles. The van der Waals surface area contributed by atoms with Crippen molar-refractivity contribution in [1.82, 2.24) is 5.32 Å². The van der Waals surface area contributed by atoms with Crippen LogP contribution >= 0.6 is 0 Å². The van der Waals surface area contributed by atoms with Gasteiger partial charge in [0, 0.05) is 23.3 Å². The summed E-state index contributed by atoms with van der Waals surface area (Å²) >= 11 is 0. The number of carbonyl (C=O) groups is 1. The van der Waals surface area contributed by atoms with Crippen LogP contribution in [0.4, 0.5) is 5.69 Å². The first-order valence-corrected chi connectivity index (χ1v) is 8.40. The minimum Gasteiger partial charge on any atom is -0.497 e. The van der Waals surface area contributed by atoms with Gasteiger partial charge in [-0.1, -0.05) is 19.1 Å². The Morgan fingerprint density at radius 3 is 2.52 bits per heavy atom. The summed E-state index contributed by atoms with van der Waals surface area (Å²) in [6, 6.07) is 14.7. The molecule has 0 saturated carbocycles. The third-order valence-corrected chi connectivity index (χ3v) is 4.39. The Morgan fingerprint density at radius 2 is 1.92 bits per heavy atom. The molecule has 0 fully saturated rings. The second kappa shape index (κ2) is 8.65. The van der Waals surface area contributed by atoms with Crippen molar-refractivity contribution < 1.29 is 14.6 Å². The number of amides is 1. The normalized spacial score (nSPS) is 13.1. The maximum absolute atomic E-state index is 12.3. The van der Waals surface area contributed by atoms with E-state index in [9.17, 15) is 9.90 Å². The number of carbonyl (C=O) groups excluding carboxylic acids is 1. The monoisotopic (exact) mass is 342 g/mol. The fourth-order valence-electron chi connectivity index (χ4n) is 2.31. The molecule has 0 saturated heterocycles. The average molecular weight is 342 g/mol. The molecule has 25 heavy (non-hydrogen) atoms. The van der Waals surface area contributed by atoms with E-state index in [-0.39, 0.29) is 18.1 Å². The molecule has 134 valence electrons. The second-order valence-corrected chi connectivity index (χ2v) is 6.31. The molecule has 1 amide bonds. The van der Waals surface area contributed by atoms with Crippen molar-refractivity contribution in [3.8, 4) is 5.75 Å². The van der Waals surface area contributed by atoms with Crippen LogP contribution in [0.2, 0.25) is 0 Å². The van der Waals surface area contributed by atoms with Crippen LogP contribution in [0, 0.1) is 0 Å². The van der Waals surface area contributed by atoms with Crippen molar-refractivity contribution in [1.29, 1.82) is 0 Å². The summed E-state index contributed by atoms with van der Waals surface area (Å²) in [5.41, 5.74) is 2.05. The van der Waals surface area contributed by atoms with Gasteiger partial charge < -0.3 is 20.5 Å². The Bertz CT molecular complexity index is 694. The van der Waals surface area contributed by atoms with Crippen LogP contribution in [-0.4, -0.2) is 30.3 Å². The van der Waals surface area contributed by atoms with Gasteiger partial charge in [0.1, 0.15) is 5.75 Å². The van der Waals surface area contributed by atoms with Crippen LogP contribution in [0.5, 0.6) is 5.75 Å². The molecule has 2 aromatic rings. The summed E-state index contributed by atoms with van der Waals surface area (Å²) in [5.74, 6) is 0.550. The highest BCUT2D eigenvalue weighted by Gasteiger charge is 2.19. The Morgan fingerprint density at radius 1 is 1.20 bits per heavy atom. The molecule has 0 spiro atoms. The molecule has 0 aliphatic carbocycles. The predicted molar refractivity (Wildman–Crippen MR) is 100 cm³/mol. The summed E-state index contributed by atoms with van der Waals surface area (Å²) < 4.78 is 5.10. The maximum Gasteiger partial charge on any atom is 0.255 e. The Kier molecular flexibility index (Phi) is 6.56. The minimum atomic E-state index is -0.303.